The molecule has 0 aromatic heterocycles. The number of halogens is 1. The highest BCUT2D eigenvalue weighted by Crippen LogP contribution is 2.41. The fourth-order valence-electron chi connectivity index (χ4n) is 2.85. The SMILES string of the molecule is O=C(O)CC1=C(O)C(=O)N(c2ccccc2)[C@@H]1c1ccc(Br)cc1. The van der Waals surface area contributed by atoms with Gasteiger partial charge in [0.1, 0.15) is 0 Å². The summed E-state index contributed by atoms with van der Waals surface area (Å²) < 4.78 is 0.870. The van der Waals surface area contributed by atoms with Crippen LogP contribution in [-0.2, 0) is 9.59 Å². The minimum atomic E-state index is -1.10. The molecule has 3 rings (SSSR count). The maximum Gasteiger partial charge on any atom is 0.307 e. The van der Waals surface area contributed by atoms with E-state index in [1.807, 2.05) is 18.2 Å². The Kier molecular flexibility index (Phi) is 4.40. The van der Waals surface area contributed by atoms with E-state index >= 15 is 0 Å². The number of benzene rings is 2. The molecular weight excluding hydrogens is 374 g/mol. The van der Waals surface area contributed by atoms with Crippen molar-refractivity contribution in [2.75, 3.05) is 4.90 Å². The standard InChI is InChI=1S/C18H14BrNO4/c19-12-8-6-11(7-9-12)16-14(10-15(21)22)17(23)18(24)20(16)13-4-2-1-3-5-13/h1-9,16,23H,10H2,(H,21,22)/t16-/m1/s1. The number of carboxylic acids is 1. The molecule has 6 heteroatoms. The Balaban J connectivity index is 2.13. The van der Waals surface area contributed by atoms with Crippen LogP contribution in [0, 0.1) is 0 Å². The molecule has 2 aromatic carbocycles. The van der Waals surface area contributed by atoms with Gasteiger partial charge in [-0.2, -0.15) is 0 Å². The Labute approximate surface area is 147 Å². The van der Waals surface area contributed by atoms with Crippen molar-refractivity contribution in [2.45, 2.75) is 12.5 Å². The number of nitrogens with zero attached hydrogens (tertiary/aromatic N) is 1. The van der Waals surface area contributed by atoms with Crippen LogP contribution in [0.4, 0.5) is 5.69 Å². The van der Waals surface area contributed by atoms with E-state index in [4.69, 9.17) is 5.11 Å². The third-order valence-electron chi connectivity index (χ3n) is 3.88. The van der Waals surface area contributed by atoms with Crippen molar-refractivity contribution in [3.05, 3.63) is 76.0 Å². The summed E-state index contributed by atoms with van der Waals surface area (Å²) in [5, 5.41) is 19.4. The zero-order chi connectivity index (χ0) is 17.3. The lowest BCUT2D eigenvalue weighted by Crippen LogP contribution is -2.30. The quantitative estimate of drug-likeness (QED) is 0.835. The average Bonchev–Trinajstić information content (AvgIpc) is 2.81. The van der Waals surface area contributed by atoms with E-state index in [0.717, 1.165) is 10.0 Å². The second-order valence-corrected chi connectivity index (χ2v) is 6.32. The van der Waals surface area contributed by atoms with Crippen molar-refractivity contribution >= 4 is 33.5 Å². The highest BCUT2D eigenvalue weighted by molar-refractivity contribution is 9.10. The van der Waals surface area contributed by atoms with E-state index < -0.39 is 30.1 Å². The molecule has 0 saturated heterocycles. The number of hydrogen-bond donors (Lipinski definition) is 2. The zero-order valence-electron chi connectivity index (χ0n) is 12.5. The molecule has 2 N–H and O–H groups in total. The summed E-state index contributed by atoms with van der Waals surface area (Å²) in [7, 11) is 0. The number of carboxylic acid groups (broad SMARTS) is 1. The van der Waals surface area contributed by atoms with Crippen LogP contribution in [0.5, 0.6) is 0 Å². The smallest absolute Gasteiger partial charge is 0.307 e. The second-order valence-electron chi connectivity index (χ2n) is 5.41. The predicted molar refractivity (Wildman–Crippen MR) is 92.7 cm³/mol. The molecule has 1 aliphatic heterocycles. The Morgan fingerprint density at radius 2 is 1.71 bits per heavy atom. The Bertz CT molecular complexity index is 815. The van der Waals surface area contributed by atoms with Crippen molar-refractivity contribution in [1.82, 2.24) is 0 Å². The summed E-state index contributed by atoms with van der Waals surface area (Å²) in [5.74, 6) is -2.18. The minimum absolute atomic E-state index is 0.193. The first-order valence-electron chi connectivity index (χ1n) is 7.27. The van der Waals surface area contributed by atoms with Crippen LogP contribution in [0.3, 0.4) is 0 Å². The molecule has 122 valence electrons. The molecule has 0 spiro atoms. The van der Waals surface area contributed by atoms with Crippen molar-refractivity contribution in [3.63, 3.8) is 0 Å². The molecule has 0 bridgehead atoms. The van der Waals surface area contributed by atoms with Crippen molar-refractivity contribution < 1.29 is 19.8 Å². The van der Waals surface area contributed by atoms with Crippen molar-refractivity contribution in [2.24, 2.45) is 0 Å². The van der Waals surface area contributed by atoms with E-state index in [1.54, 1.807) is 36.4 Å². The van der Waals surface area contributed by atoms with Crippen LogP contribution < -0.4 is 4.90 Å². The first-order chi connectivity index (χ1) is 11.5. The number of hydrogen-bond acceptors (Lipinski definition) is 3. The molecule has 0 unspecified atom stereocenters. The van der Waals surface area contributed by atoms with Gasteiger partial charge in [-0.25, -0.2) is 0 Å². The van der Waals surface area contributed by atoms with Gasteiger partial charge in [0.2, 0.25) is 0 Å². The number of aliphatic carboxylic acids is 1. The molecule has 0 saturated carbocycles. The van der Waals surface area contributed by atoms with E-state index in [-0.39, 0.29) is 5.57 Å². The lowest BCUT2D eigenvalue weighted by atomic mass is 9.96. The van der Waals surface area contributed by atoms with Gasteiger partial charge in [-0.05, 0) is 29.8 Å². The number of para-hydroxylation sites is 1. The normalized spacial score (nSPS) is 17.5. The number of rotatable bonds is 4. The van der Waals surface area contributed by atoms with Crippen molar-refractivity contribution in [3.8, 4) is 0 Å². The molecule has 1 atom stereocenters. The number of amides is 1. The first-order valence-corrected chi connectivity index (χ1v) is 8.06. The Hall–Kier alpha value is -2.60. The lowest BCUT2D eigenvalue weighted by Gasteiger charge is -2.27. The van der Waals surface area contributed by atoms with Crippen LogP contribution >= 0.6 is 15.9 Å². The van der Waals surface area contributed by atoms with Crippen LogP contribution in [0.2, 0.25) is 0 Å². The molecule has 1 amide bonds. The molecule has 0 aliphatic carbocycles. The van der Waals surface area contributed by atoms with Crippen LogP contribution in [0.1, 0.15) is 18.0 Å². The van der Waals surface area contributed by atoms with Gasteiger partial charge in [-0.1, -0.05) is 46.3 Å². The Morgan fingerprint density at radius 3 is 2.29 bits per heavy atom. The summed E-state index contributed by atoms with van der Waals surface area (Å²) in [4.78, 5) is 25.2. The fourth-order valence-corrected chi connectivity index (χ4v) is 3.11. The molecule has 24 heavy (non-hydrogen) atoms. The molecule has 5 nitrogen and oxygen atoms in total. The molecule has 2 aromatic rings. The molecule has 0 fully saturated rings. The minimum Gasteiger partial charge on any atom is -0.503 e. The maximum atomic E-state index is 12.6. The van der Waals surface area contributed by atoms with Gasteiger partial charge >= 0.3 is 5.97 Å². The highest BCUT2D eigenvalue weighted by Gasteiger charge is 2.41. The van der Waals surface area contributed by atoms with E-state index in [9.17, 15) is 14.7 Å². The van der Waals surface area contributed by atoms with E-state index in [2.05, 4.69) is 15.9 Å². The molecular formula is C18H14BrNO4. The second kappa shape index (κ2) is 6.49. The number of carbonyl (C=O) groups excluding carboxylic acids is 1. The van der Waals surface area contributed by atoms with Crippen LogP contribution in [-0.4, -0.2) is 22.1 Å². The Morgan fingerprint density at radius 1 is 1.08 bits per heavy atom. The third kappa shape index (κ3) is 2.92. The molecule has 1 aliphatic rings. The molecule has 0 radical (unpaired) electrons. The average molecular weight is 388 g/mol. The fraction of sp³-hybridized carbons (Fsp3) is 0.111. The monoisotopic (exact) mass is 387 g/mol. The summed E-state index contributed by atoms with van der Waals surface area (Å²) in [6.45, 7) is 0. The van der Waals surface area contributed by atoms with E-state index in [1.165, 1.54) is 4.90 Å². The number of aliphatic hydroxyl groups is 1. The summed E-state index contributed by atoms with van der Waals surface area (Å²) in [5.41, 5.74) is 1.52. The third-order valence-corrected chi connectivity index (χ3v) is 4.40. The van der Waals surface area contributed by atoms with Gasteiger partial charge in [0.25, 0.3) is 5.91 Å². The number of carbonyl (C=O) groups is 2. The van der Waals surface area contributed by atoms with Crippen LogP contribution in [0.15, 0.2) is 70.4 Å². The largest absolute Gasteiger partial charge is 0.503 e. The summed E-state index contributed by atoms with van der Waals surface area (Å²) in [6, 6.07) is 15.5. The highest BCUT2D eigenvalue weighted by atomic mass is 79.9. The number of aliphatic hydroxyl groups excluding tert-OH is 1. The van der Waals surface area contributed by atoms with Gasteiger partial charge in [0.15, 0.2) is 5.76 Å². The zero-order valence-corrected chi connectivity index (χ0v) is 14.1. The first kappa shape index (κ1) is 16.3. The predicted octanol–water partition coefficient (Wildman–Crippen LogP) is 3.82. The van der Waals surface area contributed by atoms with Gasteiger partial charge in [-0.15, -0.1) is 0 Å². The lowest BCUT2D eigenvalue weighted by molar-refractivity contribution is -0.136. The van der Waals surface area contributed by atoms with Crippen molar-refractivity contribution in [1.29, 1.82) is 0 Å². The number of anilines is 1. The molecule has 1 heterocycles. The maximum absolute atomic E-state index is 12.6. The van der Waals surface area contributed by atoms with Gasteiger partial charge in [0, 0.05) is 15.7 Å². The van der Waals surface area contributed by atoms with Gasteiger partial charge in [0.05, 0.1) is 12.5 Å². The van der Waals surface area contributed by atoms with Gasteiger partial charge in [-0.3, -0.25) is 14.5 Å². The van der Waals surface area contributed by atoms with E-state index in [0.29, 0.717) is 5.69 Å². The summed E-state index contributed by atoms with van der Waals surface area (Å²) in [6.07, 6.45) is -0.401. The van der Waals surface area contributed by atoms with Crippen LogP contribution in [0.25, 0.3) is 0 Å². The summed E-state index contributed by atoms with van der Waals surface area (Å²) >= 11 is 3.36. The van der Waals surface area contributed by atoms with Gasteiger partial charge < -0.3 is 10.2 Å². The topological polar surface area (TPSA) is 77.8 Å².